The summed E-state index contributed by atoms with van der Waals surface area (Å²) in [5.41, 5.74) is 4.80. The first-order valence-electron chi connectivity index (χ1n) is 24.5. The number of ether oxygens (including phenoxy) is 3. The number of aliphatic carboxylic acids is 3. The predicted molar refractivity (Wildman–Crippen MR) is 269 cm³/mol. The zero-order chi connectivity index (χ0) is 55.8. The van der Waals surface area contributed by atoms with Crippen LogP contribution in [0.3, 0.4) is 0 Å². The van der Waals surface area contributed by atoms with E-state index in [1.54, 1.807) is 80.3 Å². The summed E-state index contributed by atoms with van der Waals surface area (Å²) in [5, 5.41) is 56.2. The van der Waals surface area contributed by atoms with E-state index in [-0.39, 0.29) is 115 Å². The minimum atomic E-state index is -1.62. The number of nitrogens with one attached hydrogen (secondary N) is 1. The number of aromatic hydroxyl groups is 2. The first-order chi connectivity index (χ1) is 36.7. The molecule has 0 saturated carbocycles. The molecule has 3 aromatic carbocycles. The van der Waals surface area contributed by atoms with E-state index in [1.807, 2.05) is 13.8 Å². The topological polar surface area (TPSA) is 265 Å². The summed E-state index contributed by atoms with van der Waals surface area (Å²) in [4.78, 5) is 78.5. The predicted octanol–water partition coefficient (Wildman–Crippen LogP) is 4.95. The molecule has 3 heterocycles. The Balaban J connectivity index is 1.20. The molecule has 6 rings (SSSR count). The molecular weight excluding hydrogens is 1010 g/mol. The van der Waals surface area contributed by atoms with Crippen molar-refractivity contribution in [3.05, 3.63) is 146 Å². The summed E-state index contributed by atoms with van der Waals surface area (Å²) in [6, 6.07) is 17.9. The Labute approximate surface area is 442 Å². The van der Waals surface area contributed by atoms with Crippen LogP contribution in [-0.4, -0.2) is 144 Å². The molecule has 8 bridgehead atoms. The standard InChI is InChI=1S/C54H62F3N7O13/c1-33-16-36-21-61(29-45(65)58-11-13-76-15-14-75-12-10-49(72)77-54-50(56)35(3)20-44(55)51(54)57)25-40-6-4-7-41(59-40)26-63(31-47(68)69)23-38-18-34(2)19-39(53(38)74)24-64(32-48(70)71)28-43-9-5-8-42(60-43)27-62(30-46(66)67)22-37(17-33)52(36)73/h4-9,16-20,73-74H,10-15,21-32H2,1-3H3,(H,58,65)(H,66,67)(H,68,69)(H,70,71). The van der Waals surface area contributed by atoms with Gasteiger partial charge in [0.05, 0.1) is 81.8 Å². The highest BCUT2D eigenvalue weighted by Gasteiger charge is 2.24. The molecule has 1 aliphatic heterocycles. The van der Waals surface area contributed by atoms with E-state index in [4.69, 9.17) is 19.4 Å². The van der Waals surface area contributed by atoms with E-state index in [0.717, 1.165) is 11.1 Å². The Morgan fingerprint density at radius 3 is 1.34 bits per heavy atom. The molecule has 0 radical (unpaired) electrons. The molecule has 0 atom stereocenters. The summed E-state index contributed by atoms with van der Waals surface area (Å²) < 4.78 is 57.5. The fraction of sp³-hybridized carbons (Fsp3) is 0.389. The molecule has 0 unspecified atom stereocenters. The number of esters is 1. The Bertz CT molecular complexity index is 2890. The third-order valence-corrected chi connectivity index (χ3v) is 12.0. The Morgan fingerprint density at radius 1 is 0.545 bits per heavy atom. The highest BCUT2D eigenvalue weighted by Crippen LogP contribution is 2.31. The van der Waals surface area contributed by atoms with Crippen molar-refractivity contribution < 1.29 is 76.9 Å². The lowest BCUT2D eigenvalue weighted by atomic mass is 10.0. The van der Waals surface area contributed by atoms with Crippen molar-refractivity contribution in [3.8, 4) is 17.2 Å². The van der Waals surface area contributed by atoms with Gasteiger partial charge in [0.1, 0.15) is 11.5 Å². The van der Waals surface area contributed by atoms with E-state index < -0.39 is 72.6 Å². The van der Waals surface area contributed by atoms with Gasteiger partial charge in [0.25, 0.3) is 0 Å². The van der Waals surface area contributed by atoms with Crippen LogP contribution in [0.1, 0.15) is 68.1 Å². The Kier molecular flexibility index (Phi) is 21.4. The molecule has 0 aliphatic carbocycles. The van der Waals surface area contributed by atoms with Crippen molar-refractivity contribution in [2.24, 2.45) is 0 Å². The molecule has 0 saturated heterocycles. The third-order valence-electron chi connectivity index (χ3n) is 12.0. The highest BCUT2D eigenvalue weighted by molar-refractivity contribution is 5.78. The Hall–Kier alpha value is -7.54. The van der Waals surface area contributed by atoms with Gasteiger partial charge in [-0.2, -0.15) is 4.39 Å². The van der Waals surface area contributed by atoms with E-state index in [2.05, 4.69) is 10.1 Å². The zero-order valence-corrected chi connectivity index (χ0v) is 42.9. The molecule has 0 spiro atoms. The van der Waals surface area contributed by atoms with Crippen LogP contribution in [0.5, 0.6) is 17.2 Å². The molecule has 20 nitrogen and oxygen atoms in total. The maximum absolute atomic E-state index is 14.2. The van der Waals surface area contributed by atoms with Crippen LogP contribution in [0.15, 0.2) is 66.7 Å². The lowest BCUT2D eigenvalue weighted by Gasteiger charge is -2.26. The van der Waals surface area contributed by atoms with Gasteiger partial charge in [-0.25, -0.2) is 8.78 Å². The van der Waals surface area contributed by atoms with Gasteiger partial charge in [0.2, 0.25) is 17.5 Å². The quantitative estimate of drug-likeness (QED) is 0.0293. The van der Waals surface area contributed by atoms with E-state index in [1.165, 1.54) is 6.92 Å². The lowest BCUT2D eigenvalue weighted by molar-refractivity contribution is -0.139. The van der Waals surface area contributed by atoms with Gasteiger partial charge in [-0.1, -0.05) is 47.5 Å². The van der Waals surface area contributed by atoms with E-state index in [0.29, 0.717) is 51.1 Å². The van der Waals surface area contributed by atoms with Crippen molar-refractivity contribution in [2.45, 2.75) is 79.6 Å². The number of hydrogen-bond donors (Lipinski definition) is 6. The molecule has 1 amide bonds. The first kappa shape index (κ1) is 58.7. The molecular formula is C54H62F3N7O13. The SMILES string of the molecule is Cc1cc2c(O)c(c1)CN(CC(=O)O)Cc1cccc(n1)CN(CC(=O)NCCOCCOCCC(=O)Oc1c(F)c(C)cc(F)c1F)Cc1cc(C)cc(c1O)CN(CC(=O)O)Cc1cccc(n1)CN(CC(=O)O)C2. The largest absolute Gasteiger partial charge is 0.507 e. The Morgan fingerprint density at radius 2 is 0.935 bits per heavy atom. The second kappa shape index (κ2) is 28.0. The molecule has 412 valence electrons. The van der Waals surface area contributed by atoms with E-state index >= 15 is 0 Å². The van der Waals surface area contributed by atoms with Crippen LogP contribution >= 0.6 is 0 Å². The number of phenols is 2. The minimum Gasteiger partial charge on any atom is -0.507 e. The third kappa shape index (κ3) is 18.3. The number of halogens is 3. The van der Waals surface area contributed by atoms with Crippen LogP contribution < -0.4 is 10.1 Å². The lowest BCUT2D eigenvalue weighted by Crippen LogP contribution is -2.38. The van der Waals surface area contributed by atoms with Crippen LogP contribution in [0.25, 0.3) is 0 Å². The summed E-state index contributed by atoms with van der Waals surface area (Å²) in [7, 11) is 0. The van der Waals surface area contributed by atoms with Gasteiger partial charge >= 0.3 is 23.9 Å². The van der Waals surface area contributed by atoms with E-state index in [9.17, 15) is 62.7 Å². The van der Waals surface area contributed by atoms with Crippen molar-refractivity contribution in [3.63, 3.8) is 0 Å². The number of pyridine rings is 2. The molecule has 5 aromatic rings. The van der Waals surface area contributed by atoms with Crippen molar-refractivity contribution in [2.75, 3.05) is 59.2 Å². The van der Waals surface area contributed by atoms with Gasteiger partial charge < -0.3 is 45.1 Å². The summed E-state index contributed by atoms with van der Waals surface area (Å²) >= 11 is 0. The smallest absolute Gasteiger partial charge is 0.317 e. The maximum atomic E-state index is 14.2. The average Bonchev–Trinajstić information content (AvgIpc) is 3.34. The number of hydrogen-bond acceptors (Lipinski definition) is 16. The number of carboxylic acids is 3. The molecule has 77 heavy (non-hydrogen) atoms. The van der Waals surface area contributed by atoms with Gasteiger partial charge in [-0.15, -0.1) is 0 Å². The van der Waals surface area contributed by atoms with Crippen LogP contribution in [0.4, 0.5) is 13.2 Å². The number of aromatic nitrogens is 2. The summed E-state index contributed by atoms with van der Waals surface area (Å²) in [5.74, 6) is -10.4. The van der Waals surface area contributed by atoms with Crippen LogP contribution in [0.2, 0.25) is 0 Å². The number of aryl methyl sites for hydroxylation is 3. The van der Waals surface area contributed by atoms with Crippen molar-refractivity contribution in [1.29, 1.82) is 0 Å². The monoisotopic (exact) mass is 1070 g/mol. The number of carbonyl (C=O) groups is 5. The number of amides is 1. The molecule has 6 N–H and O–H groups in total. The normalized spacial score (nSPS) is 14.4. The van der Waals surface area contributed by atoms with Crippen LogP contribution in [0, 0.1) is 38.2 Å². The van der Waals surface area contributed by atoms with Gasteiger partial charge in [0.15, 0.2) is 11.6 Å². The van der Waals surface area contributed by atoms with Gasteiger partial charge in [-0.05, 0) is 56.7 Å². The first-order valence-corrected chi connectivity index (χ1v) is 24.5. The van der Waals surface area contributed by atoms with Crippen molar-refractivity contribution >= 4 is 29.8 Å². The minimum absolute atomic E-state index is 0.0120. The second-order valence-electron chi connectivity index (χ2n) is 18.8. The number of phenolic OH excluding ortho intramolecular Hbond substituents is 2. The number of rotatable bonds is 18. The number of nitrogens with zero attached hydrogens (tertiary/aromatic N) is 6. The number of carboxylic acid groups (broad SMARTS) is 3. The van der Waals surface area contributed by atoms with Crippen molar-refractivity contribution in [1.82, 2.24) is 34.9 Å². The average molecular weight is 1070 g/mol. The molecule has 23 heteroatoms. The fourth-order valence-corrected chi connectivity index (χ4v) is 8.84. The number of carbonyl (C=O) groups excluding carboxylic acids is 2. The molecule has 1 aliphatic rings. The maximum Gasteiger partial charge on any atom is 0.317 e. The van der Waals surface area contributed by atoms with Crippen LogP contribution in [-0.2, 0) is 85.8 Å². The fourth-order valence-electron chi connectivity index (χ4n) is 8.84. The summed E-state index contributed by atoms with van der Waals surface area (Å²) in [6.07, 6.45) is -0.388. The van der Waals surface area contributed by atoms with Gasteiger partial charge in [0, 0.05) is 81.2 Å². The second-order valence-corrected chi connectivity index (χ2v) is 18.8. The molecule has 0 fully saturated rings. The number of benzene rings is 3. The molecule has 2 aromatic heterocycles. The number of fused-ring (bicyclic) bond motifs is 8. The van der Waals surface area contributed by atoms with Gasteiger partial charge in [-0.3, -0.25) is 53.5 Å². The highest BCUT2D eigenvalue weighted by atomic mass is 19.2. The zero-order valence-electron chi connectivity index (χ0n) is 42.9. The summed E-state index contributed by atoms with van der Waals surface area (Å²) in [6.45, 7) is 3.50.